The van der Waals surface area contributed by atoms with E-state index < -0.39 is 10.0 Å². The van der Waals surface area contributed by atoms with Gasteiger partial charge in [-0.2, -0.15) is 0 Å². The first-order valence-corrected chi connectivity index (χ1v) is 7.54. The van der Waals surface area contributed by atoms with Crippen molar-refractivity contribution < 1.29 is 8.42 Å². The maximum atomic E-state index is 12.0. The summed E-state index contributed by atoms with van der Waals surface area (Å²) in [4.78, 5) is 0.307. The first-order chi connectivity index (χ1) is 7.86. The average Bonchev–Trinajstić information content (AvgIpc) is 2.21. The van der Waals surface area contributed by atoms with Crippen LogP contribution >= 0.6 is 11.6 Å². The summed E-state index contributed by atoms with van der Waals surface area (Å²) in [5.74, 6) is 0.441. The van der Waals surface area contributed by atoms with Gasteiger partial charge < -0.3 is 0 Å². The van der Waals surface area contributed by atoms with E-state index in [2.05, 4.69) is 4.72 Å². The fourth-order valence-corrected chi connectivity index (χ4v) is 3.13. The van der Waals surface area contributed by atoms with Crippen LogP contribution in [0.2, 0.25) is 0 Å². The highest BCUT2D eigenvalue weighted by molar-refractivity contribution is 7.89. The van der Waals surface area contributed by atoms with Crippen LogP contribution in [-0.4, -0.2) is 20.3 Å². The van der Waals surface area contributed by atoms with Gasteiger partial charge in [0.2, 0.25) is 10.0 Å². The molecule has 0 bridgehead atoms. The van der Waals surface area contributed by atoms with Crippen molar-refractivity contribution in [3.05, 3.63) is 29.3 Å². The maximum Gasteiger partial charge on any atom is 0.240 e. The summed E-state index contributed by atoms with van der Waals surface area (Å²) < 4.78 is 26.7. The molecule has 1 aromatic carbocycles. The third-order valence-corrected chi connectivity index (χ3v) is 4.49. The Morgan fingerprint density at radius 1 is 1.29 bits per heavy atom. The lowest BCUT2D eigenvalue weighted by molar-refractivity contribution is 0.556. The molecule has 1 N–H and O–H groups in total. The molecule has 1 rings (SSSR count). The number of hydrogen-bond acceptors (Lipinski definition) is 2. The largest absolute Gasteiger partial charge is 0.240 e. The Morgan fingerprint density at radius 2 is 1.94 bits per heavy atom. The van der Waals surface area contributed by atoms with E-state index >= 15 is 0 Å². The SMILES string of the molecule is Cc1ccc(S(=O)(=O)NC(C)CCCl)cc1C. The highest BCUT2D eigenvalue weighted by Crippen LogP contribution is 2.15. The van der Waals surface area contributed by atoms with E-state index in [1.165, 1.54) is 0 Å². The van der Waals surface area contributed by atoms with Gasteiger partial charge in [0.15, 0.2) is 0 Å². The van der Waals surface area contributed by atoms with Gasteiger partial charge >= 0.3 is 0 Å². The summed E-state index contributed by atoms with van der Waals surface area (Å²) >= 11 is 5.58. The minimum Gasteiger partial charge on any atom is -0.208 e. The second-order valence-corrected chi connectivity index (χ2v) is 6.34. The Kier molecular flexibility index (Phi) is 4.98. The molecule has 0 saturated carbocycles. The molecular formula is C12H18ClNO2S. The van der Waals surface area contributed by atoms with Gasteiger partial charge in [0.1, 0.15) is 0 Å². The van der Waals surface area contributed by atoms with Crippen molar-refractivity contribution in [2.75, 3.05) is 5.88 Å². The number of nitrogens with one attached hydrogen (secondary N) is 1. The fraction of sp³-hybridized carbons (Fsp3) is 0.500. The predicted molar refractivity (Wildman–Crippen MR) is 71.0 cm³/mol. The first-order valence-electron chi connectivity index (χ1n) is 5.52. The zero-order valence-corrected chi connectivity index (χ0v) is 11.9. The summed E-state index contributed by atoms with van der Waals surface area (Å²) in [5.41, 5.74) is 2.05. The normalized spacial score (nSPS) is 13.6. The van der Waals surface area contributed by atoms with Crippen molar-refractivity contribution in [1.82, 2.24) is 4.72 Å². The second-order valence-electron chi connectivity index (χ2n) is 4.25. The number of alkyl halides is 1. The average molecular weight is 276 g/mol. The standard InChI is InChI=1S/C12H18ClNO2S/c1-9-4-5-12(8-10(9)2)17(15,16)14-11(3)6-7-13/h4-5,8,11,14H,6-7H2,1-3H3. The van der Waals surface area contributed by atoms with Crippen LogP contribution in [0.3, 0.4) is 0 Å². The maximum absolute atomic E-state index is 12.0. The van der Waals surface area contributed by atoms with Crippen LogP contribution in [0, 0.1) is 13.8 Å². The van der Waals surface area contributed by atoms with E-state index in [0.29, 0.717) is 17.2 Å². The minimum absolute atomic E-state index is 0.154. The Morgan fingerprint density at radius 3 is 2.47 bits per heavy atom. The number of aryl methyl sites for hydroxylation is 2. The molecule has 0 heterocycles. The number of hydrogen-bond donors (Lipinski definition) is 1. The highest BCUT2D eigenvalue weighted by atomic mass is 35.5. The molecule has 3 nitrogen and oxygen atoms in total. The van der Waals surface area contributed by atoms with Crippen LogP contribution in [0.5, 0.6) is 0 Å². The molecule has 0 fully saturated rings. The van der Waals surface area contributed by atoms with Gasteiger partial charge in [-0.25, -0.2) is 13.1 Å². The Balaban J connectivity index is 2.93. The van der Waals surface area contributed by atoms with Crippen molar-refractivity contribution in [2.45, 2.75) is 38.1 Å². The molecule has 0 spiro atoms. The molecule has 1 atom stereocenters. The molecule has 0 amide bonds. The van der Waals surface area contributed by atoms with E-state index in [4.69, 9.17) is 11.6 Å². The van der Waals surface area contributed by atoms with E-state index in [0.717, 1.165) is 11.1 Å². The smallest absolute Gasteiger partial charge is 0.208 e. The van der Waals surface area contributed by atoms with Gasteiger partial charge in [0.25, 0.3) is 0 Å². The van der Waals surface area contributed by atoms with Gasteiger partial charge in [-0.1, -0.05) is 6.07 Å². The Labute approximate surface area is 108 Å². The first kappa shape index (κ1) is 14.5. The number of benzene rings is 1. The molecule has 0 aliphatic carbocycles. The lowest BCUT2D eigenvalue weighted by atomic mass is 10.1. The molecular weight excluding hydrogens is 258 g/mol. The number of halogens is 1. The van der Waals surface area contributed by atoms with Crippen LogP contribution in [0.25, 0.3) is 0 Å². The molecule has 0 saturated heterocycles. The Hall–Kier alpha value is -0.580. The summed E-state index contributed by atoms with van der Waals surface area (Å²) in [6.07, 6.45) is 0.617. The zero-order valence-electron chi connectivity index (χ0n) is 10.3. The van der Waals surface area contributed by atoms with Gasteiger partial charge in [0, 0.05) is 11.9 Å². The number of sulfonamides is 1. The topological polar surface area (TPSA) is 46.2 Å². The van der Waals surface area contributed by atoms with E-state index in [-0.39, 0.29) is 6.04 Å². The Bertz CT molecular complexity index is 485. The minimum atomic E-state index is -3.43. The molecule has 0 radical (unpaired) electrons. The van der Waals surface area contributed by atoms with Crippen molar-refractivity contribution in [2.24, 2.45) is 0 Å². The van der Waals surface area contributed by atoms with Crippen LogP contribution in [0.15, 0.2) is 23.1 Å². The van der Waals surface area contributed by atoms with Crippen LogP contribution < -0.4 is 4.72 Å². The predicted octanol–water partition coefficient (Wildman–Crippen LogP) is 2.60. The van der Waals surface area contributed by atoms with Crippen molar-refractivity contribution in [1.29, 1.82) is 0 Å². The van der Waals surface area contributed by atoms with E-state index in [9.17, 15) is 8.42 Å². The van der Waals surface area contributed by atoms with Gasteiger partial charge in [-0.3, -0.25) is 0 Å². The monoisotopic (exact) mass is 275 g/mol. The van der Waals surface area contributed by atoms with Crippen molar-refractivity contribution in [3.63, 3.8) is 0 Å². The third kappa shape index (κ3) is 3.98. The summed E-state index contributed by atoms with van der Waals surface area (Å²) in [6.45, 7) is 5.66. The molecule has 1 unspecified atom stereocenters. The molecule has 1 aromatic rings. The molecule has 0 aliphatic heterocycles. The summed E-state index contributed by atoms with van der Waals surface area (Å²) in [5, 5.41) is 0. The van der Waals surface area contributed by atoms with Gasteiger partial charge in [-0.05, 0) is 50.5 Å². The van der Waals surface area contributed by atoms with Crippen LogP contribution in [-0.2, 0) is 10.0 Å². The van der Waals surface area contributed by atoms with E-state index in [1.54, 1.807) is 19.1 Å². The van der Waals surface area contributed by atoms with Crippen LogP contribution in [0.4, 0.5) is 0 Å². The zero-order chi connectivity index (χ0) is 13.1. The van der Waals surface area contributed by atoms with Crippen LogP contribution in [0.1, 0.15) is 24.5 Å². The highest BCUT2D eigenvalue weighted by Gasteiger charge is 2.17. The lowest BCUT2D eigenvalue weighted by Gasteiger charge is -2.13. The lowest BCUT2D eigenvalue weighted by Crippen LogP contribution is -2.32. The number of rotatable bonds is 5. The third-order valence-electron chi connectivity index (χ3n) is 2.69. The fourth-order valence-electron chi connectivity index (χ4n) is 1.44. The van der Waals surface area contributed by atoms with Crippen molar-refractivity contribution >= 4 is 21.6 Å². The summed E-state index contributed by atoms with van der Waals surface area (Å²) in [6, 6.07) is 4.97. The molecule has 5 heteroatoms. The molecule has 0 aliphatic rings. The van der Waals surface area contributed by atoms with E-state index in [1.807, 2.05) is 19.9 Å². The van der Waals surface area contributed by atoms with Gasteiger partial charge in [-0.15, -0.1) is 11.6 Å². The molecule has 0 aromatic heterocycles. The second kappa shape index (κ2) is 5.85. The quantitative estimate of drug-likeness (QED) is 0.840. The molecule has 96 valence electrons. The summed E-state index contributed by atoms with van der Waals surface area (Å²) in [7, 11) is -3.43. The van der Waals surface area contributed by atoms with Crippen molar-refractivity contribution in [3.8, 4) is 0 Å². The van der Waals surface area contributed by atoms with Gasteiger partial charge in [0.05, 0.1) is 4.90 Å². The molecule has 17 heavy (non-hydrogen) atoms.